The lowest BCUT2D eigenvalue weighted by Gasteiger charge is -2.26. The van der Waals surface area contributed by atoms with Gasteiger partial charge in [0.2, 0.25) is 0 Å². The van der Waals surface area contributed by atoms with Crippen molar-refractivity contribution in [2.24, 2.45) is 0 Å². The van der Waals surface area contributed by atoms with E-state index in [9.17, 15) is 0 Å². The van der Waals surface area contributed by atoms with E-state index in [1.165, 1.54) is 38.4 Å². The van der Waals surface area contributed by atoms with Gasteiger partial charge in [-0.2, -0.15) is 0 Å². The summed E-state index contributed by atoms with van der Waals surface area (Å²) in [6.45, 7) is 0. The fourth-order valence-electron chi connectivity index (χ4n) is 10.3. The maximum atomic E-state index is 6.95. The Morgan fingerprint density at radius 3 is 0.986 bits per heavy atom. The van der Waals surface area contributed by atoms with E-state index < -0.39 is 0 Å². The average Bonchev–Trinajstić information content (AvgIpc) is 3.85. The van der Waals surface area contributed by atoms with E-state index in [2.05, 4.69) is 289 Å². The zero-order valence-electron chi connectivity index (χ0n) is 38.9. The third kappa shape index (κ3) is 7.76. The van der Waals surface area contributed by atoms with Crippen LogP contribution in [-0.2, 0) is 0 Å². The quantitative estimate of drug-likeness (QED) is 0.128. The van der Waals surface area contributed by atoms with Crippen molar-refractivity contribution < 1.29 is 4.42 Å². The van der Waals surface area contributed by atoms with E-state index in [1.807, 2.05) is 0 Å². The Morgan fingerprint density at radius 1 is 0.211 bits per heavy atom. The summed E-state index contributed by atoms with van der Waals surface area (Å²) in [6.07, 6.45) is 0. The molecule has 0 fully saturated rings. The van der Waals surface area contributed by atoms with Crippen LogP contribution < -0.4 is 9.80 Å². The second-order valence-corrected chi connectivity index (χ2v) is 18.1. The number of hydrogen-bond donors (Lipinski definition) is 0. The Bertz CT molecular complexity index is 3980. The van der Waals surface area contributed by atoms with E-state index in [0.29, 0.717) is 0 Å². The molecule has 3 nitrogen and oxygen atoms in total. The van der Waals surface area contributed by atoms with Gasteiger partial charge in [0.1, 0.15) is 11.2 Å². The summed E-state index contributed by atoms with van der Waals surface area (Å²) in [7, 11) is 0. The minimum absolute atomic E-state index is 0.876. The van der Waals surface area contributed by atoms with Crippen LogP contribution in [-0.4, -0.2) is 0 Å². The van der Waals surface area contributed by atoms with Gasteiger partial charge in [-0.15, -0.1) is 0 Å². The Morgan fingerprint density at radius 2 is 0.535 bits per heavy atom. The molecule has 1 aromatic heterocycles. The van der Waals surface area contributed by atoms with E-state index in [1.54, 1.807) is 0 Å². The third-order valence-corrected chi connectivity index (χ3v) is 13.9. The average molecular weight is 907 g/mol. The van der Waals surface area contributed by atoms with Gasteiger partial charge >= 0.3 is 0 Å². The van der Waals surface area contributed by atoms with Crippen LogP contribution in [0.15, 0.2) is 283 Å². The Hall–Kier alpha value is -9.44. The highest BCUT2D eigenvalue weighted by molar-refractivity contribution is 6.30. The molecule has 0 unspecified atom stereocenters. The van der Waals surface area contributed by atoms with Crippen LogP contribution in [0.25, 0.3) is 88.0 Å². The van der Waals surface area contributed by atoms with Crippen LogP contribution in [0.1, 0.15) is 0 Å². The van der Waals surface area contributed by atoms with Crippen molar-refractivity contribution in [2.75, 3.05) is 9.80 Å². The van der Waals surface area contributed by atoms with Gasteiger partial charge in [-0.1, -0.05) is 182 Å². The second-order valence-electron chi connectivity index (χ2n) is 18.1. The number of furan rings is 1. The molecule has 0 spiro atoms. The number of fused-ring (bicyclic) bond motifs is 8. The lowest BCUT2D eigenvalue weighted by atomic mass is 9.93. The Balaban J connectivity index is 0.829. The fraction of sp³-hybridized carbons (Fsp3) is 0. The Labute approximate surface area is 413 Å². The molecular formula is C68H46N2O. The summed E-state index contributed by atoms with van der Waals surface area (Å²) >= 11 is 0. The van der Waals surface area contributed by atoms with Gasteiger partial charge in [0.05, 0.1) is 0 Å². The molecule has 0 aliphatic heterocycles. The minimum atomic E-state index is 0.876. The van der Waals surface area contributed by atoms with Gasteiger partial charge in [0.25, 0.3) is 0 Å². The van der Waals surface area contributed by atoms with Crippen molar-refractivity contribution >= 4 is 77.6 Å². The molecule has 0 amide bonds. The second kappa shape index (κ2) is 17.9. The van der Waals surface area contributed by atoms with Crippen molar-refractivity contribution in [1.29, 1.82) is 0 Å². The number of hydrogen-bond acceptors (Lipinski definition) is 3. The molecule has 13 rings (SSSR count). The Kier molecular flexibility index (Phi) is 10.5. The normalized spacial score (nSPS) is 11.4. The zero-order chi connectivity index (χ0) is 47.1. The standard InChI is InChI=1S/C68H46N2O/c1-5-15-47(16-6-1)49-25-35-57(36-26-49)69(55-19-9-3-10-20-55)59-39-29-51(30-40-59)53-33-43-63-65(45-53)61-23-13-14-24-62(61)67-64-44-34-54(46-66(64)71-68(63)67)52-31-41-60(42-32-52)70(56-21-11-4-12-22-56)58-37-27-50(28-38-58)48-17-7-2-8-18-48/h1-46H. The van der Waals surface area contributed by atoms with Crippen molar-refractivity contribution in [3.8, 4) is 44.5 Å². The SMILES string of the molecule is c1ccc(-c2ccc(N(c3ccccc3)c3ccc(-c4ccc5c(c4)oc4c6ccc(-c7ccc(N(c8ccccc8)c8ccc(-c9ccccc9)cc8)cc7)cc6c6ccccc6c54)cc3)cc2)cc1. The molecule has 71 heavy (non-hydrogen) atoms. The van der Waals surface area contributed by atoms with Crippen LogP contribution in [0, 0.1) is 0 Å². The predicted octanol–water partition coefficient (Wildman–Crippen LogP) is 19.5. The summed E-state index contributed by atoms with van der Waals surface area (Å²) in [5.74, 6) is 0. The first-order valence-corrected chi connectivity index (χ1v) is 24.2. The molecule has 0 aliphatic rings. The van der Waals surface area contributed by atoms with Crippen molar-refractivity contribution in [2.45, 2.75) is 0 Å². The van der Waals surface area contributed by atoms with Gasteiger partial charge in [-0.25, -0.2) is 0 Å². The van der Waals surface area contributed by atoms with Gasteiger partial charge in [-0.05, 0) is 158 Å². The molecule has 0 bridgehead atoms. The molecule has 334 valence electrons. The van der Waals surface area contributed by atoms with Crippen molar-refractivity contribution in [3.63, 3.8) is 0 Å². The first kappa shape index (κ1) is 41.7. The summed E-state index contributed by atoms with van der Waals surface area (Å²) < 4.78 is 6.95. The van der Waals surface area contributed by atoms with E-state index in [0.717, 1.165) is 83.7 Å². The molecule has 0 saturated carbocycles. The number of benzene rings is 12. The monoisotopic (exact) mass is 906 g/mol. The maximum Gasteiger partial charge on any atom is 0.143 e. The number of para-hydroxylation sites is 2. The largest absolute Gasteiger partial charge is 0.455 e. The smallest absolute Gasteiger partial charge is 0.143 e. The lowest BCUT2D eigenvalue weighted by Crippen LogP contribution is -2.09. The van der Waals surface area contributed by atoms with Gasteiger partial charge in [0, 0.05) is 50.3 Å². The zero-order valence-corrected chi connectivity index (χ0v) is 38.9. The number of nitrogens with zero attached hydrogens (tertiary/aromatic N) is 2. The molecule has 0 N–H and O–H groups in total. The van der Waals surface area contributed by atoms with Crippen LogP contribution in [0.4, 0.5) is 34.1 Å². The molecule has 0 saturated heterocycles. The van der Waals surface area contributed by atoms with E-state index in [-0.39, 0.29) is 0 Å². The molecular weight excluding hydrogens is 861 g/mol. The highest BCUT2D eigenvalue weighted by Gasteiger charge is 2.19. The van der Waals surface area contributed by atoms with Crippen molar-refractivity contribution in [3.05, 3.63) is 279 Å². The molecule has 3 heteroatoms. The fourth-order valence-corrected chi connectivity index (χ4v) is 10.3. The van der Waals surface area contributed by atoms with Gasteiger partial charge < -0.3 is 14.2 Å². The van der Waals surface area contributed by atoms with Crippen LogP contribution in [0.5, 0.6) is 0 Å². The molecule has 12 aromatic carbocycles. The molecule has 0 atom stereocenters. The first-order chi connectivity index (χ1) is 35.2. The van der Waals surface area contributed by atoms with Gasteiger partial charge in [0.15, 0.2) is 0 Å². The third-order valence-electron chi connectivity index (χ3n) is 13.9. The first-order valence-electron chi connectivity index (χ1n) is 24.2. The van der Waals surface area contributed by atoms with Crippen LogP contribution in [0.3, 0.4) is 0 Å². The molecule has 0 radical (unpaired) electrons. The molecule has 13 aromatic rings. The lowest BCUT2D eigenvalue weighted by molar-refractivity contribution is 0.673. The molecule has 0 aliphatic carbocycles. The van der Waals surface area contributed by atoms with E-state index >= 15 is 0 Å². The predicted molar refractivity (Wildman–Crippen MR) is 300 cm³/mol. The van der Waals surface area contributed by atoms with E-state index in [4.69, 9.17) is 4.42 Å². The maximum absolute atomic E-state index is 6.95. The summed E-state index contributed by atoms with van der Waals surface area (Å²) in [5, 5.41) is 6.94. The highest BCUT2D eigenvalue weighted by atomic mass is 16.3. The van der Waals surface area contributed by atoms with Crippen LogP contribution in [0.2, 0.25) is 0 Å². The topological polar surface area (TPSA) is 19.6 Å². The van der Waals surface area contributed by atoms with Crippen molar-refractivity contribution in [1.82, 2.24) is 0 Å². The minimum Gasteiger partial charge on any atom is -0.455 e. The summed E-state index contributed by atoms with van der Waals surface area (Å²) in [6, 6.07) is 99.9. The number of anilines is 6. The number of rotatable bonds is 10. The summed E-state index contributed by atoms with van der Waals surface area (Å²) in [5.41, 5.74) is 17.7. The highest BCUT2D eigenvalue weighted by Crippen LogP contribution is 2.44. The molecule has 1 heterocycles. The van der Waals surface area contributed by atoms with Gasteiger partial charge in [-0.3, -0.25) is 0 Å². The van der Waals surface area contributed by atoms with Crippen LogP contribution >= 0.6 is 0 Å². The summed E-state index contributed by atoms with van der Waals surface area (Å²) in [4.78, 5) is 4.63.